The van der Waals surface area contributed by atoms with E-state index in [4.69, 9.17) is 23.4 Å². The predicted molar refractivity (Wildman–Crippen MR) is 170 cm³/mol. The zero-order valence-electron chi connectivity index (χ0n) is 26.5. The van der Waals surface area contributed by atoms with Crippen molar-refractivity contribution in [2.75, 3.05) is 45.3 Å². The number of carbonyl (C=O) groups excluding carboxylic acids is 1. The second-order valence-corrected chi connectivity index (χ2v) is 14.0. The van der Waals surface area contributed by atoms with Gasteiger partial charge in [-0.05, 0) is 30.0 Å². The van der Waals surface area contributed by atoms with E-state index in [0.29, 0.717) is 11.1 Å². The van der Waals surface area contributed by atoms with E-state index >= 15 is 0 Å². The lowest BCUT2D eigenvalue weighted by atomic mass is 10.00. The molecule has 0 spiro atoms. The van der Waals surface area contributed by atoms with Gasteiger partial charge in [-0.25, -0.2) is 17.6 Å². The molecule has 1 aromatic heterocycles. The third-order valence-electron chi connectivity index (χ3n) is 7.97. The molecule has 13 nitrogen and oxygen atoms in total. The number of hydrogen-bond acceptors (Lipinski definition) is 11. The Labute approximate surface area is 273 Å². The Morgan fingerprint density at radius 2 is 1.87 bits per heavy atom. The lowest BCUT2D eigenvalue weighted by molar-refractivity contribution is -0.0914. The van der Waals surface area contributed by atoms with Crippen molar-refractivity contribution in [1.29, 1.82) is 0 Å². The van der Waals surface area contributed by atoms with Gasteiger partial charge in [-0.1, -0.05) is 50.8 Å². The Hall–Kier alpha value is -3.60. The molecule has 0 saturated carbocycles. The van der Waals surface area contributed by atoms with Gasteiger partial charge in [0.2, 0.25) is 10.0 Å². The molecule has 0 radical (unpaired) electrons. The van der Waals surface area contributed by atoms with E-state index in [0.717, 1.165) is 5.56 Å². The molecule has 47 heavy (non-hydrogen) atoms. The molecule has 0 aliphatic carbocycles. The van der Waals surface area contributed by atoms with E-state index in [1.807, 2.05) is 44.2 Å². The van der Waals surface area contributed by atoms with Crippen molar-refractivity contribution < 1.29 is 46.1 Å². The SMILES string of the molecule is C=C(F)CO[C@H]1CO[C@@H]2OC[C@H](OC(=O)N[C@@H](Cc3ccccc3)[C@H](O)CN(CC(C)C)S(=O)(=O)c3ccc4nc(NC)oc4c3)[C@@H]21. The number of oxazole rings is 1. The van der Waals surface area contributed by atoms with E-state index in [9.17, 15) is 22.7 Å². The molecule has 2 fully saturated rings. The number of aliphatic hydroxyl groups excluding tert-OH is 1. The average Bonchev–Trinajstić information content (AvgIpc) is 3.75. The Morgan fingerprint density at radius 3 is 2.55 bits per heavy atom. The lowest BCUT2D eigenvalue weighted by Crippen LogP contribution is -2.52. The molecule has 0 bridgehead atoms. The number of amides is 1. The first-order valence-electron chi connectivity index (χ1n) is 15.4. The van der Waals surface area contributed by atoms with Crippen molar-refractivity contribution >= 4 is 33.2 Å². The minimum Gasteiger partial charge on any atom is -0.443 e. The number of aromatic nitrogens is 1. The smallest absolute Gasteiger partial charge is 0.407 e. The maximum absolute atomic E-state index is 13.9. The standard InChI is InChI=1S/C32H41FN4O9S/c1-19(2)14-37(47(40,41)22-10-11-23-26(13-22)45-31(34-4)35-23)15-25(38)24(12-21-8-6-5-7-9-21)36-32(39)46-28-18-44-30-29(28)27(17-43-30)42-16-20(3)33/h5-11,13,19,24-25,27-30,38H,3,12,14-18H2,1-2,4H3,(H,34,35)(H,36,39)/t24-,25+,27-,28-,29-,30+/m0/s1. The van der Waals surface area contributed by atoms with Crippen LogP contribution in [0.15, 0.2) is 70.2 Å². The van der Waals surface area contributed by atoms with Crippen molar-refractivity contribution in [2.24, 2.45) is 11.8 Å². The van der Waals surface area contributed by atoms with Gasteiger partial charge in [0.05, 0.1) is 48.9 Å². The van der Waals surface area contributed by atoms with Crippen LogP contribution in [-0.2, 0) is 35.4 Å². The van der Waals surface area contributed by atoms with Crippen LogP contribution in [-0.4, -0.2) is 99.5 Å². The summed E-state index contributed by atoms with van der Waals surface area (Å²) < 4.78 is 70.4. The number of carbonyl (C=O) groups is 1. The van der Waals surface area contributed by atoms with Gasteiger partial charge in [-0.15, -0.1) is 0 Å². The Morgan fingerprint density at radius 1 is 1.15 bits per heavy atom. The molecular formula is C32H41FN4O9S. The highest BCUT2D eigenvalue weighted by Gasteiger charge is 2.51. The van der Waals surface area contributed by atoms with Gasteiger partial charge in [0.1, 0.15) is 17.4 Å². The molecule has 2 aliphatic heterocycles. The molecule has 2 aliphatic rings. The Balaban J connectivity index is 1.33. The number of rotatable bonds is 15. The van der Waals surface area contributed by atoms with Crippen LogP contribution < -0.4 is 10.6 Å². The summed E-state index contributed by atoms with van der Waals surface area (Å²) >= 11 is 0. The molecule has 2 aromatic carbocycles. The molecule has 1 amide bonds. The summed E-state index contributed by atoms with van der Waals surface area (Å²) in [5.74, 6) is -1.22. The zero-order valence-corrected chi connectivity index (χ0v) is 27.3. The van der Waals surface area contributed by atoms with Gasteiger partial charge in [-0.2, -0.15) is 9.29 Å². The average molecular weight is 677 g/mol. The van der Waals surface area contributed by atoms with E-state index < -0.39 is 58.5 Å². The summed E-state index contributed by atoms with van der Waals surface area (Å²) in [6, 6.07) is 12.9. The highest BCUT2D eigenvalue weighted by Crippen LogP contribution is 2.35. The highest BCUT2D eigenvalue weighted by molar-refractivity contribution is 7.89. The zero-order chi connectivity index (χ0) is 33.7. The number of sulfonamides is 1. The summed E-state index contributed by atoms with van der Waals surface area (Å²) in [5, 5.41) is 17.1. The number of benzene rings is 2. The van der Waals surface area contributed by atoms with Crippen molar-refractivity contribution in [2.45, 2.75) is 55.8 Å². The number of nitrogens with one attached hydrogen (secondary N) is 2. The van der Waals surface area contributed by atoms with E-state index in [1.165, 1.54) is 16.4 Å². The summed E-state index contributed by atoms with van der Waals surface area (Å²) in [4.78, 5) is 17.5. The van der Waals surface area contributed by atoms with Crippen LogP contribution >= 0.6 is 0 Å². The van der Waals surface area contributed by atoms with E-state index in [2.05, 4.69) is 22.2 Å². The highest BCUT2D eigenvalue weighted by atomic mass is 32.2. The van der Waals surface area contributed by atoms with Crippen molar-refractivity contribution in [1.82, 2.24) is 14.6 Å². The number of alkyl carbamates (subject to hydrolysis) is 1. The maximum Gasteiger partial charge on any atom is 0.407 e. The van der Waals surface area contributed by atoms with Gasteiger partial charge < -0.3 is 39.1 Å². The first-order valence-corrected chi connectivity index (χ1v) is 16.8. The normalized spacial score (nSPS) is 22.4. The Kier molecular flexibility index (Phi) is 11.1. The first-order chi connectivity index (χ1) is 22.4. The number of halogens is 1. The molecule has 3 aromatic rings. The molecule has 6 atom stereocenters. The minimum atomic E-state index is -4.12. The molecule has 15 heteroatoms. The van der Waals surface area contributed by atoms with Crippen LogP contribution in [0.4, 0.5) is 15.2 Å². The van der Waals surface area contributed by atoms with Crippen LogP contribution in [0.2, 0.25) is 0 Å². The first kappa shape index (κ1) is 34.7. The fraction of sp³-hybridized carbons (Fsp3) is 0.500. The predicted octanol–water partition coefficient (Wildman–Crippen LogP) is 3.45. The van der Waals surface area contributed by atoms with E-state index in [1.54, 1.807) is 13.1 Å². The van der Waals surface area contributed by atoms with Crippen LogP contribution in [0.5, 0.6) is 0 Å². The molecule has 2 saturated heterocycles. The molecule has 0 unspecified atom stereocenters. The monoisotopic (exact) mass is 676 g/mol. The minimum absolute atomic E-state index is 0.0219. The van der Waals surface area contributed by atoms with Gasteiger partial charge >= 0.3 is 6.09 Å². The number of nitrogens with zero attached hydrogens (tertiary/aromatic N) is 2. The Bertz CT molecular complexity index is 1640. The van der Waals surface area contributed by atoms with Crippen LogP contribution in [0, 0.1) is 11.8 Å². The molecular weight excluding hydrogens is 635 g/mol. The summed E-state index contributed by atoms with van der Waals surface area (Å²) in [6.45, 7) is 6.59. The largest absolute Gasteiger partial charge is 0.443 e. The fourth-order valence-electron chi connectivity index (χ4n) is 5.74. The molecule has 3 N–H and O–H groups in total. The fourth-order valence-corrected chi connectivity index (χ4v) is 7.38. The number of aliphatic hydroxyl groups is 1. The van der Waals surface area contributed by atoms with Crippen molar-refractivity contribution in [3.8, 4) is 0 Å². The molecule has 5 rings (SSSR count). The number of fused-ring (bicyclic) bond motifs is 2. The van der Waals surface area contributed by atoms with Crippen molar-refractivity contribution in [3.05, 3.63) is 66.5 Å². The number of ether oxygens (including phenoxy) is 4. The summed E-state index contributed by atoms with van der Waals surface area (Å²) in [7, 11) is -2.48. The van der Waals surface area contributed by atoms with Crippen LogP contribution in [0.1, 0.15) is 19.4 Å². The quantitative estimate of drug-likeness (QED) is 0.216. The molecule has 3 heterocycles. The van der Waals surface area contributed by atoms with Crippen LogP contribution in [0.3, 0.4) is 0 Å². The maximum atomic E-state index is 13.9. The third kappa shape index (κ3) is 8.47. The second-order valence-electron chi connectivity index (χ2n) is 12.0. The number of anilines is 1. The lowest BCUT2D eigenvalue weighted by Gasteiger charge is -2.31. The number of hydrogen-bond donors (Lipinski definition) is 3. The summed E-state index contributed by atoms with van der Waals surface area (Å²) in [5.41, 5.74) is 1.59. The summed E-state index contributed by atoms with van der Waals surface area (Å²) in [6.07, 6.45) is -4.00. The van der Waals surface area contributed by atoms with Crippen LogP contribution in [0.25, 0.3) is 11.1 Å². The van der Waals surface area contributed by atoms with Gasteiger partial charge in [0.15, 0.2) is 11.9 Å². The molecule has 256 valence electrons. The van der Waals surface area contributed by atoms with E-state index in [-0.39, 0.29) is 56.2 Å². The third-order valence-corrected chi connectivity index (χ3v) is 9.80. The second kappa shape index (κ2) is 15.1. The topological polar surface area (TPSA) is 162 Å². The van der Waals surface area contributed by atoms with Crippen molar-refractivity contribution in [3.63, 3.8) is 0 Å². The van der Waals surface area contributed by atoms with Gasteiger partial charge in [0.25, 0.3) is 6.01 Å². The van der Waals surface area contributed by atoms with Gasteiger partial charge in [0, 0.05) is 26.2 Å². The van der Waals surface area contributed by atoms with Gasteiger partial charge in [-0.3, -0.25) is 0 Å².